The molecule has 4 nitrogen and oxygen atoms in total. The Kier molecular flexibility index (Phi) is 3.31. The molecule has 0 radical (unpaired) electrons. The summed E-state index contributed by atoms with van der Waals surface area (Å²) in [7, 11) is 0. The zero-order valence-electron chi connectivity index (χ0n) is 11.3. The number of hydrogen-bond donors (Lipinski definition) is 0. The smallest absolute Gasteiger partial charge is 0.250 e. The summed E-state index contributed by atoms with van der Waals surface area (Å²) in [4.78, 5) is 17.9. The van der Waals surface area contributed by atoms with E-state index < -0.39 is 0 Å². The first-order chi connectivity index (χ1) is 10.7. The Bertz CT molecular complexity index is 827. The third-order valence-electron chi connectivity index (χ3n) is 3.38. The van der Waals surface area contributed by atoms with Gasteiger partial charge in [0, 0.05) is 16.9 Å². The van der Waals surface area contributed by atoms with Gasteiger partial charge in [0.05, 0.1) is 5.25 Å². The molecule has 4 rings (SSSR count). The number of halogens is 1. The lowest BCUT2D eigenvalue weighted by Crippen LogP contribution is -2.20. The molecule has 3 heterocycles. The van der Waals surface area contributed by atoms with Crippen LogP contribution in [-0.4, -0.2) is 20.7 Å². The van der Waals surface area contributed by atoms with Gasteiger partial charge in [-0.3, -0.25) is 4.79 Å². The van der Waals surface area contributed by atoms with Crippen LogP contribution >= 0.6 is 23.1 Å². The van der Waals surface area contributed by atoms with Crippen molar-refractivity contribution in [2.75, 3.05) is 0 Å². The lowest BCUT2D eigenvalue weighted by molar-refractivity contribution is 0.0868. The van der Waals surface area contributed by atoms with Gasteiger partial charge in [-0.15, -0.1) is 16.4 Å². The van der Waals surface area contributed by atoms with E-state index in [9.17, 15) is 9.18 Å². The van der Waals surface area contributed by atoms with Gasteiger partial charge in [-0.2, -0.15) is 4.68 Å². The zero-order valence-corrected chi connectivity index (χ0v) is 12.9. The Balaban J connectivity index is 1.69. The number of thioether (sulfide) groups is 1. The van der Waals surface area contributed by atoms with E-state index in [1.807, 2.05) is 17.5 Å². The average Bonchev–Trinajstić information content (AvgIpc) is 3.17. The van der Waals surface area contributed by atoms with Gasteiger partial charge >= 0.3 is 0 Å². The van der Waals surface area contributed by atoms with Gasteiger partial charge in [0.1, 0.15) is 5.82 Å². The molecule has 2 aromatic heterocycles. The molecular formula is C15H10FN3OS2. The van der Waals surface area contributed by atoms with Gasteiger partial charge in [-0.05, 0) is 35.7 Å². The quantitative estimate of drug-likeness (QED) is 0.711. The Morgan fingerprint density at radius 2 is 2.05 bits per heavy atom. The fourth-order valence-corrected chi connectivity index (χ4v) is 4.38. The molecule has 0 saturated heterocycles. The van der Waals surface area contributed by atoms with E-state index in [-0.39, 0.29) is 17.0 Å². The minimum absolute atomic E-state index is 0.0620. The molecular weight excluding hydrogens is 321 g/mol. The summed E-state index contributed by atoms with van der Waals surface area (Å²) < 4.78 is 14.4. The van der Waals surface area contributed by atoms with Crippen molar-refractivity contribution in [3.05, 3.63) is 52.5 Å². The summed E-state index contributed by atoms with van der Waals surface area (Å²) in [6.45, 7) is 0. The number of aromatic nitrogens is 3. The highest BCUT2D eigenvalue weighted by atomic mass is 32.2. The van der Waals surface area contributed by atoms with Gasteiger partial charge in [-0.1, -0.05) is 17.8 Å². The monoisotopic (exact) mass is 331 g/mol. The summed E-state index contributed by atoms with van der Waals surface area (Å²) in [5, 5.41) is 6.95. The van der Waals surface area contributed by atoms with Gasteiger partial charge in [0.25, 0.3) is 5.91 Å². The third-order valence-corrected chi connectivity index (χ3v) is 5.70. The number of rotatable bonds is 2. The lowest BCUT2D eigenvalue weighted by atomic mass is 10.2. The van der Waals surface area contributed by atoms with Crippen molar-refractivity contribution in [3.63, 3.8) is 0 Å². The van der Waals surface area contributed by atoms with Crippen LogP contribution in [0.2, 0.25) is 0 Å². The second-order valence-corrected chi connectivity index (χ2v) is 7.01. The van der Waals surface area contributed by atoms with Gasteiger partial charge in [0.15, 0.2) is 11.0 Å². The number of fused-ring (bicyclic) bond motifs is 1. The number of carbonyl (C=O) groups excluding carboxylic acids is 1. The van der Waals surface area contributed by atoms with E-state index in [4.69, 9.17) is 0 Å². The average molecular weight is 331 g/mol. The van der Waals surface area contributed by atoms with Crippen molar-refractivity contribution in [1.29, 1.82) is 0 Å². The van der Waals surface area contributed by atoms with E-state index in [0.717, 1.165) is 4.88 Å². The minimum atomic E-state index is -0.309. The summed E-state index contributed by atoms with van der Waals surface area (Å²) in [5.41, 5.74) is 0.698. The lowest BCUT2D eigenvalue weighted by Gasteiger charge is -2.18. The van der Waals surface area contributed by atoms with Crippen LogP contribution in [0.4, 0.5) is 4.39 Å². The fourth-order valence-electron chi connectivity index (χ4n) is 2.30. The molecule has 0 saturated carbocycles. The van der Waals surface area contributed by atoms with Crippen molar-refractivity contribution >= 4 is 29.0 Å². The van der Waals surface area contributed by atoms with Gasteiger partial charge < -0.3 is 0 Å². The molecule has 0 amide bonds. The highest BCUT2D eigenvalue weighted by Gasteiger charge is 2.30. The Hall–Kier alpha value is -1.99. The first kappa shape index (κ1) is 13.7. The number of benzene rings is 1. The maximum absolute atomic E-state index is 13.0. The van der Waals surface area contributed by atoms with Crippen molar-refractivity contribution in [2.45, 2.75) is 16.8 Å². The highest BCUT2D eigenvalue weighted by Crippen LogP contribution is 2.43. The normalized spacial score (nSPS) is 17.5. The molecule has 1 aromatic carbocycles. The minimum Gasteiger partial charge on any atom is -0.272 e. The van der Waals surface area contributed by atoms with Crippen LogP contribution in [0.1, 0.15) is 21.3 Å². The van der Waals surface area contributed by atoms with Crippen LogP contribution in [0, 0.1) is 5.82 Å². The van der Waals surface area contributed by atoms with Crippen LogP contribution in [0.15, 0.2) is 46.9 Å². The maximum Gasteiger partial charge on any atom is 0.250 e. The number of thiophene rings is 1. The van der Waals surface area contributed by atoms with E-state index in [2.05, 4.69) is 10.1 Å². The number of carbonyl (C=O) groups is 1. The summed E-state index contributed by atoms with van der Waals surface area (Å²) in [6, 6.07) is 9.96. The zero-order chi connectivity index (χ0) is 15.1. The van der Waals surface area contributed by atoms with E-state index in [1.54, 1.807) is 35.2 Å². The van der Waals surface area contributed by atoms with Crippen molar-refractivity contribution < 1.29 is 9.18 Å². The molecule has 22 heavy (non-hydrogen) atoms. The highest BCUT2D eigenvalue weighted by molar-refractivity contribution is 7.99. The van der Waals surface area contributed by atoms with Crippen LogP contribution < -0.4 is 0 Å². The topological polar surface area (TPSA) is 47.8 Å². The molecule has 3 aromatic rings. The van der Waals surface area contributed by atoms with E-state index in [0.29, 0.717) is 23.0 Å². The predicted octanol–water partition coefficient (Wildman–Crippen LogP) is 4.02. The molecule has 1 unspecified atom stereocenters. The van der Waals surface area contributed by atoms with Crippen molar-refractivity contribution in [3.8, 4) is 11.4 Å². The number of hydrogen-bond acceptors (Lipinski definition) is 5. The summed E-state index contributed by atoms with van der Waals surface area (Å²) in [6.07, 6.45) is 0.407. The largest absolute Gasteiger partial charge is 0.272 e. The molecule has 0 N–H and O–H groups in total. The SMILES string of the molecule is O=C1CC(c2cccs2)Sc2nc(-c3ccc(F)cc3)nn21. The summed E-state index contributed by atoms with van der Waals surface area (Å²) >= 11 is 3.18. The third kappa shape index (κ3) is 2.36. The Labute approximate surface area is 134 Å². The molecule has 1 atom stereocenters. The van der Waals surface area contributed by atoms with E-state index >= 15 is 0 Å². The first-order valence-electron chi connectivity index (χ1n) is 6.67. The Morgan fingerprint density at radius 3 is 2.77 bits per heavy atom. The molecule has 1 aliphatic rings. The maximum atomic E-state index is 13.0. The van der Waals surface area contributed by atoms with Crippen molar-refractivity contribution in [2.24, 2.45) is 0 Å². The molecule has 110 valence electrons. The molecule has 0 bridgehead atoms. The second-order valence-electron chi connectivity index (χ2n) is 4.86. The Morgan fingerprint density at radius 1 is 1.23 bits per heavy atom. The predicted molar refractivity (Wildman–Crippen MR) is 83.6 cm³/mol. The van der Waals surface area contributed by atoms with E-state index in [1.165, 1.54) is 16.8 Å². The molecule has 0 fully saturated rings. The van der Waals surface area contributed by atoms with Crippen LogP contribution in [0.3, 0.4) is 0 Å². The molecule has 7 heteroatoms. The van der Waals surface area contributed by atoms with Crippen molar-refractivity contribution in [1.82, 2.24) is 14.8 Å². The second kappa shape index (κ2) is 5.33. The molecule has 1 aliphatic heterocycles. The van der Waals surface area contributed by atoms with Crippen LogP contribution in [0.5, 0.6) is 0 Å². The first-order valence-corrected chi connectivity index (χ1v) is 8.43. The van der Waals surface area contributed by atoms with Crippen LogP contribution in [-0.2, 0) is 0 Å². The standard InChI is InChI=1S/C15H10FN3OS2/c16-10-5-3-9(4-6-10)14-17-15-19(18-14)13(20)8-12(22-15)11-2-1-7-21-11/h1-7,12H,8H2. The summed E-state index contributed by atoms with van der Waals surface area (Å²) in [5.74, 6) is 0.0756. The molecule has 0 aliphatic carbocycles. The van der Waals surface area contributed by atoms with Gasteiger partial charge in [-0.25, -0.2) is 9.37 Å². The fraction of sp³-hybridized carbons (Fsp3) is 0.133. The van der Waals surface area contributed by atoms with Gasteiger partial charge in [0.2, 0.25) is 0 Å². The number of nitrogens with zero attached hydrogens (tertiary/aromatic N) is 3. The molecule has 0 spiro atoms. The van der Waals surface area contributed by atoms with Crippen LogP contribution in [0.25, 0.3) is 11.4 Å².